The van der Waals surface area contributed by atoms with Crippen molar-refractivity contribution in [1.29, 1.82) is 0 Å². The Bertz CT molecular complexity index is 1580. The zero-order chi connectivity index (χ0) is 31.2. The average Bonchev–Trinajstić information content (AvgIpc) is 3.83. The van der Waals surface area contributed by atoms with Crippen molar-refractivity contribution < 1.29 is 28.2 Å². The van der Waals surface area contributed by atoms with Gasteiger partial charge in [0, 0.05) is 56.3 Å². The number of esters is 1. The number of piperazine rings is 1. The number of nitrogens with zero attached hydrogens (tertiary/aromatic N) is 4. The fourth-order valence-electron chi connectivity index (χ4n) is 4.86. The number of halogens is 2. The monoisotopic (exact) mass is 624 g/mol. The number of hydrogen-bond donors (Lipinski definition) is 2. The highest BCUT2D eigenvalue weighted by Gasteiger charge is 2.33. The lowest BCUT2D eigenvalue weighted by atomic mass is 10.1. The molecule has 1 saturated heterocycles. The number of fused-ring (bicyclic) bond motifs is 1. The van der Waals surface area contributed by atoms with Gasteiger partial charge in [0.05, 0.1) is 29.4 Å². The van der Waals surface area contributed by atoms with Gasteiger partial charge in [-0.05, 0) is 49.9 Å². The predicted molar refractivity (Wildman–Crippen MR) is 164 cm³/mol. The minimum atomic E-state index is -0.620. The minimum absolute atomic E-state index is 0.0295. The Morgan fingerprint density at radius 1 is 1.16 bits per heavy atom. The Morgan fingerprint density at radius 2 is 1.98 bits per heavy atom. The highest BCUT2D eigenvalue weighted by molar-refractivity contribution is 6.31. The van der Waals surface area contributed by atoms with Crippen molar-refractivity contribution >= 4 is 57.5 Å². The average molecular weight is 625 g/mol. The highest BCUT2D eigenvalue weighted by Crippen LogP contribution is 2.36. The summed E-state index contributed by atoms with van der Waals surface area (Å²) in [6, 6.07) is 7.12. The van der Waals surface area contributed by atoms with E-state index in [0.29, 0.717) is 66.0 Å². The lowest BCUT2D eigenvalue weighted by Gasteiger charge is -2.39. The van der Waals surface area contributed by atoms with E-state index in [2.05, 4.69) is 20.6 Å². The number of benzene rings is 2. The molecule has 2 heterocycles. The van der Waals surface area contributed by atoms with Gasteiger partial charge in [0.25, 0.3) is 0 Å². The number of hydrogen-bond acceptors (Lipinski definition) is 9. The molecule has 11 nitrogen and oxygen atoms in total. The van der Waals surface area contributed by atoms with Gasteiger partial charge in [-0.1, -0.05) is 17.7 Å². The van der Waals surface area contributed by atoms with Gasteiger partial charge in [0.15, 0.2) is 0 Å². The lowest BCUT2D eigenvalue weighted by molar-refractivity contribution is -0.153. The molecule has 1 aliphatic heterocycles. The second-order valence-electron chi connectivity index (χ2n) is 10.7. The first-order valence-corrected chi connectivity index (χ1v) is 14.9. The molecular formula is C31H34ClFN6O5. The third-order valence-electron chi connectivity index (χ3n) is 7.45. The van der Waals surface area contributed by atoms with Crippen molar-refractivity contribution in [3.05, 3.63) is 59.7 Å². The van der Waals surface area contributed by atoms with Crippen LogP contribution in [-0.2, 0) is 19.1 Å². The number of carbonyl (C=O) groups excluding carboxylic acids is 3. The largest absolute Gasteiger partial charge is 0.491 e. The summed E-state index contributed by atoms with van der Waals surface area (Å²) >= 11 is 5.95. The summed E-state index contributed by atoms with van der Waals surface area (Å²) in [6.45, 7) is 5.45. The molecule has 2 aromatic carbocycles. The summed E-state index contributed by atoms with van der Waals surface area (Å²) < 4.78 is 25.0. The lowest BCUT2D eigenvalue weighted by Crippen LogP contribution is -2.57. The van der Waals surface area contributed by atoms with Crippen LogP contribution in [0.4, 0.5) is 21.6 Å². The van der Waals surface area contributed by atoms with E-state index < -0.39 is 23.7 Å². The van der Waals surface area contributed by atoms with Crippen LogP contribution >= 0.6 is 11.6 Å². The van der Waals surface area contributed by atoms with E-state index in [1.165, 1.54) is 31.5 Å². The van der Waals surface area contributed by atoms with Crippen LogP contribution < -0.4 is 15.4 Å². The van der Waals surface area contributed by atoms with Crippen molar-refractivity contribution in [2.45, 2.75) is 32.7 Å². The van der Waals surface area contributed by atoms with Crippen LogP contribution in [-0.4, -0.2) is 83.0 Å². The fourth-order valence-corrected chi connectivity index (χ4v) is 5.04. The summed E-state index contributed by atoms with van der Waals surface area (Å²) in [5, 5.41) is 6.62. The summed E-state index contributed by atoms with van der Waals surface area (Å²) in [6.07, 6.45) is 6.67. The molecule has 1 aromatic heterocycles. The summed E-state index contributed by atoms with van der Waals surface area (Å²) in [4.78, 5) is 49.8. The fraction of sp³-hybridized carbons (Fsp3) is 0.387. The maximum atomic E-state index is 13.7. The summed E-state index contributed by atoms with van der Waals surface area (Å²) in [5.41, 5.74) is 1.55. The van der Waals surface area contributed by atoms with Crippen molar-refractivity contribution in [3.8, 4) is 5.75 Å². The molecule has 0 radical (unpaired) electrons. The quantitative estimate of drug-likeness (QED) is 0.233. The molecule has 0 bridgehead atoms. The first-order chi connectivity index (χ1) is 21.2. The van der Waals surface area contributed by atoms with Crippen LogP contribution in [0, 0.1) is 11.7 Å². The van der Waals surface area contributed by atoms with E-state index in [4.69, 9.17) is 21.1 Å². The molecule has 3 aromatic rings. The SMILES string of the molecule is CCOC(=O)C1CN(C(C)=O)CCN1C/C=C/C(=O)Nc1cc2c(Nc3ccc(F)c(Cl)c3)ncnc2cc1OCC1CC1. The third-order valence-corrected chi connectivity index (χ3v) is 7.74. The van der Waals surface area contributed by atoms with Crippen molar-refractivity contribution in [3.63, 3.8) is 0 Å². The maximum Gasteiger partial charge on any atom is 0.325 e. The van der Waals surface area contributed by atoms with Crippen molar-refractivity contribution in [2.75, 3.05) is 50.0 Å². The number of carbonyl (C=O) groups is 3. The molecule has 1 aliphatic carbocycles. The van der Waals surface area contributed by atoms with Gasteiger partial charge in [0.1, 0.15) is 29.8 Å². The molecule has 2 amide bonds. The van der Waals surface area contributed by atoms with Gasteiger partial charge >= 0.3 is 5.97 Å². The molecule has 1 saturated carbocycles. The Morgan fingerprint density at radius 3 is 2.70 bits per heavy atom. The van der Waals surface area contributed by atoms with Crippen molar-refractivity contribution in [1.82, 2.24) is 19.8 Å². The summed E-state index contributed by atoms with van der Waals surface area (Å²) in [7, 11) is 0. The Kier molecular flexibility index (Phi) is 9.91. The standard InChI is InChI=1S/C31H34ClFN6O5/c1-3-43-31(42)27-16-39(19(2)40)12-11-38(27)10-4-5-29(41)37-26-14-22-25(15-28(26)44-17-20-6-7-20)34-18-35-30(22)36-21-8-9-24(33)23(32)13-21/h4-5,8-9,13-15,18,20,27H,3,6-7,10-12,16-17H2,1-2H3,(H,37,41)(H,34,35,36)/b5-4+. The molecule has 2 N–H and O–H groups in total. The Hall–Kier alpha value is -4.29. The van der Waals surface area contributed by atoms with Crippen LogP contribution in [0.5, 0.6) is 5.75 Å². The van der Waals surface area contributed by atoms with E-state index >= 15 is 0 Å². The van der Waals surface area contributed by atoms with Gasteiger partial charge in [-0.25, -0.2) is 14.4 Å². The van der Waals surface area contributed by atoms with Crippen LogP contribution in [0.2, 0.25) is 5.02 Å². The predicted octanol–water partition coefficient (Wildman–Crippen LogP) is 4.55. The van der Waals surface area contributed by atoms with Gasteiger partial charge in [-0.2, -0.15) is 0 Å². The highest BCUT2D eigenvalue weighted by atomic mass is 35.5. The number of aromatic nitrogens is 2. The molecule has 1 unspecified atom stereocenters. The molecule has 44 heavy (non-hydrogen) atoms. The van der Waals surface area contributed by atoms with Gasteiger partial charge in [0.2, 0.25) is 11.8 Å². The molecular weight excluding hydrogens is 591 g/mol. The first kappa shape index (κ1) is 31.1. The third kappa shape index (κ3) is 7.80. The normalized spacial score (nSPS) is 17.1. The molecule has 5 rings (SSSR count). The number of ether oxygens (including phenoxy) is 2. The second-order valence-corrected chi connectivity index (χ2v) is 11.1. The van der Waals surface area contributed by atoms with Crippen LogP contribution in [0.1, 0.15) is 26.7 Å². The molecule has 2 aliphatic rings. The Labute approximate surface area is 259 Å². The van der Waals surface area contributed by atoms with E-state index in [-0.39, 0.29) is 24.1 Å². The van der Waals surface area contributed by atoms with Crippen LogP contribution in [0.25, 0.3) is 10.9 Å². The molecule has 13 heteroatoms. The minimum Gasteiger partial charge on any atom is -0.491 e. The van der Waals surface area contributed by atoms with Gasteiger partial charge < -0.3 is 25.0 Å². The van der Waals surface area contributed by atoms with E-state index in [1.54, 1.807) is 36.1 Å². The topological polar surface area (TPSA) is 126 Å². The molecule has 1 atom stereocenters. The molecule has 232 valence electrons. The first-order valence-electron chi connectivity index (χ1n) is 14.5. The number of amides is 2. The van der Waals surface area contributed by atoms with Gasteiger partial charge in [-0.15, -0.1) is 0 Å². The number of nitrogens with one attached hydrogen (secondary N) is 2. The molecule has 2 fully saturated rings. The molecule has 0 spiro atoms. The maximum absolute atomic E-state index is 13.7. The van der Waals surface area contributed by atoms with E-state index in [9.17, 15) is 18.8 Å². The zero-order valence-corrected chi connectivity index (χ0v) is 25.3. The van der Waals surface area contributed by atoms with Gasteiger partial charge in [-0.3, -0.25) is 19.3 Å². The van der Waals surface area contributed by atoms with Crippen molar-refractivity contribution in [2.24, 2.45) is 5.92 Å². The Balaban J connectivity index is 1.33. The van der Waals surface area contributed by atoms with Crippen LogP contribution in [0.3, 0.4) is 0 Å². The van der Waals surface area contributed by atoms with E-state index in [1.807, 2.05) is 4.90 Å². The van der Waals surface area contributed by atoms with E-state index in [0.717, 1.165) is 12.8 Å². The number of anilines is 3. The zero-order valence-electron chi connectivity index (χ0n) is 24.5. The number of rotatable bonds is 11. The smallest absolute Gasteiger partial charge is 0.325 e. The van der Waals surface area contributed by atoms with Crippen LogP contribution in [0.15, 0.2) is 48.8 Å². The second kappa shape index (κ2) is 14.0. The summed E-state index contributed by atoms with van der Waals surface area (Å²) in [5.74, 6) is -0.0395.